The minimum atomic E-state index is -0.545. The van der Waals surface area contributed by atoms with Crippen LogP contribution in [-0.2, 0) is 6.54 Å². The Morgan fingerprint density at radius 2 is 1.93 bits per heavy atom. The van der Waals surface area contributed by atoms with Gasteiger partial charge >= 0.3 is 6.03 Å². The van der Waals surface area contributed by atoms with Crippen LogP contribution in [0, 0.1) is 10.1 Å². The van der Waals surface area contributed by atoms with Crippen molar-refractivity contribution in [1.29, 1.82) is 0 Å². The molecule has 1 amide bonds. The summed E-state index contributed by atoms with van der Waals surface area (Å²) in [7, 11) is 0. The predicted octanol–water partition coefficient (Wildman–Crippen LogP) is 2.31. The Labute approximate surface area is 160 Å². The van der Waals surface area contributed by atoms with Gasteiger partial charge in [-0.15, -0.1) is 5.10 Å². The lowest BCUT2D eigenvalue weighted by Crippen LogP contribution is -2.32. The van der Waals surface area contributed by atoms with Crippen LogP contribution in [0.5, 0.6) is 0 Å². The average Bonchev–Trinajstić information content (AvgIpc) is 3.31. The summed E-state index contributed by atoms with van der Waals surface area (Å²) in [4.78, 5) is 34.8. The van der Waals surface area contributed by atoms with E-state index in [1.165, 1.54) is 16.8 Å². The molecular weight excluding hydrogens is 384 g/mol. The van der Waals surface area contributed by atoms with Crippen LogP contribution in [0.2, 0.25) is 0 Å². The number of rotatable bonds is 4. The van der Waals surface area contributed by atoms with Crippen LogP contribution in [0.1, 0.15) is 5.69 Å². The molecule has 1 N–H and O–H groups in total. The first-order chi connectivity index (χ1) is 13.5. The minimum Gasteiger partial charge on any atom is -0.331 e. The van der Waals surface area contributed by atoms with E-state index in [9.17, 15) is 19.7 Å². The molecule has 0 radical (unpaired) electrons. The van der Waals surface area contributed by atoms with Gasteiger partial charge in [0.1, 0.15) is 5.69 Å². The first-order valence-electron chi connectivity index (χ1n) is 8.08. The van der Waals surface area contributed by atoms with Crippen molar-refractivity contribution >= 4 is 33.3 Å². The van der Waals surface area contributed by atoms with Crippen LogP contribution in [0.3, 0.4) is 0 Å². The molecule has 0 atom stereocenters. The molecular formula is C17H12N6O4S. The number of non-ortho nitro benzene ring substituents is 1. The Morgan fingerprint density at radius 3 is 2.64 bits per heavy atom. The monoisotopic (exact) mass is 396 g/mol. The largest absolute Gasteiger partial charge is 0.338 e. The van der Waals surface area contributed by atoms with Gasteiger partial charge in [-0.05, 0) is 35.8 Å². The molecule has 2 heterocycles. The van der Waals surface area contributed by atoms with Gasteiger partial charge in [0, 0.05) is 12.1 Å². The zero-order valence-electron chi connectivity index (χ0n) is 14.2. The number of aromatic nitrogens is 4. The van der Waals surface area contributed by atoms with Gasteiger partial charge in [0.15, 0.2) is 0 Å². The van der Waals surface area contributed by atoms with Crippen molar-refractivity contribution in [2.24, 2.45) is 0 Å². The van der Waals surface area contributed by atoms with Crippen LogP contribution in [0.25, 0.3) is 15.8 Å². The Balaban J connectivity index is 1.46. The molecule has 2 aromatic carbocycles. The quantitative estimate of drug-likeness (QED) is 0.417. The van der Waals surface area contributed by atoms with E-state index in [2.05, 4.69) is 15.6 Å². The van der Waals surface area contributed by atoms with E-state index < -0.39 is 11.0 Å². The Hall–Kier alpha value is -3.86. The van der Waals surface area contributed by atoms with Gasteiger partial charge in [-0.25, -0.2) is 9.48 Å². The maximum Gasteiger partial charge on any atom is 0.338 e. The molecule has 4 aromatic rings. The van der Waals surface area contributed by atoms with Crippen molar-refractivity contribution < 1.29 is 9.72 Å². The predicted molar refractivity (Wildman–Crippen MR) is 102 cm³/mol. The molecule has 0 aliphatic carbocycles. The highest BCUT2D eigenvalue weighted by atomic mass is 32.1. The number of amides is 1. The molecule has 0 saturated carbocycles. The normalized spacial score (nSPS) is 10.9. The van der Waals surface area contributed by atoms with Gasteiger partial charge in [0.2, 0.25) is 0 Å². The molecule has 10 nitrogen and oxygen atoms in total. The molecule has 0 spiro atoms. The number of fused-ring (bicyclic) bond motifs is 1. The van der Waals surface area contributed by atoms with Gasteiger partial charge < -0.3 is 5.32 Å². The van der Waals surface area contributed by atoms with Crippen molar-refractivity contribution in [1.82, 2.24) is 24.3 Å². The summed E-state index contributed by atoms with van der Waals surface area (Å²) < 4.78 is 3.23. The fourth-order valence-electron chi connectivity index (χ4n) is 2.58. The molecule has 4 rings (SSSR count). The fraction of sp³-hybridized carbons (Fsp3) is 0.0588. The highest BCUT2D eigenvalue weighted by Crippen LogP contribution is 2.16. The number of nitrogens with zero attached hydrogens (tertiary/aromatic N) is 5. The first-order valence-corrected chi connectivity index (χ1v) is 8.85. The van der Waals surface area contributed by atoms with E-state index in [0.29, 0.717) is 16.8 Å². The van der Waals surface area contributed by atoms with Crippen molar-refractivity contribution in [3.05, 3.63) is 80.9 Å². The van der Waals surface area contributed by atoms with Gasteiger partial charge in [-0.1, -0.05) is 17.3 Å². The Kier molecular flexibility index (Phi) is 4.41. The van der Waals surface area contributed by atoms with Gasteiger partial charge in [-0.3, -0.25) is 14.9 Å². The van der Waals surface area contributed by atoms with E-state index in [-0.39, 0.29) is 17.8 Å². The number of nitro benzene ring substituents is 1. The molecule has 0 unspecified atom stereocenters. The highest BCUT2D eigenvalue weighted by molar-refractivity contribution is 7.14. The molecule has 0 fully saturated rings. The second kappa shape index (κ2) is 7.04. The minimum absolute atomic E-state index is 0.0230. The van der Waals surface area contributed by atoms with E-state index in [1.54, 1.807) is 42.6 Å². The molecule has 0 aliphatic heterocycles. The van der Waals surface area contributed by atoms with Gasteiger partial charge in [0.05, 0.1) is 33.4 Å². The summed E-state index contributed by atoms with van der Waals surface area (Å²) in [6.07, 6.45) is 1.59. The second-order valence-corrected chi connectivity index (χ2v) is 6.76. The summed E-state index contributed by atoms with van der Waals surface area (Å²) in [5.41, 5.74) is 0.676. The number of hydrogen-bond acceptors (Lipinski definition) is 7. The van der Waals surface area contributed by atoms with E-state index in [0.717, 1.165) is 20.2 Å². The summed E-state index contributed by atoms with van der Waals surface area (Å²) >= 11 is 1.07. The summed E-state index contributed by atoms with van der Waals surface area (Å²) in [5.74, 6) is 0. The van der Waals surface area contributed by atoms with Crippen molar-refractivity contribution in [3.8, 4) is 5.69 Å². The maximum absolute atomic E-state index is 12.3. The SMILES string of the molecule is O=C(NCc1cn(-c2ccc([N+](=O)[O-])cc2)nn1)n1sc2ccccc2c1=O. The zero-order chi connectivity index (χ0) is 19.7. The number of carbonyl (C=O) groups excluding carboxylic acids is 1. The van der Waals surface area contributed by atoms with Crippen molar-refractivity contribution in [3.63, 3.8) is 0 Å². The third-order valence-electron chi connectivity index (χ3n) is 3.96. The van der Waals surface area contributed by atoms with Crippen LogP contribution in [0.4, 0.5) is 10.5 Å². The summed E-state index contributed by atoms with van der Waals surface area (Å²) in [6, 6.07) is 12.3. The lowest BCUT2D eigenvalue weighted by atomic mass is 10.3. The second-order valence-electron chi connectivity index (χ2n) is 5.77. The number of nitro groups is 1. The number of hydrogen-bond donors (Lipinski definition) is 1. The molecule has 0 saturated heterocycles. The lowest BCUT2D eigenvalue weighted by molar-refractivity contribution is -0.384. The Bertz CT molecular complexity index is 1240. The maximum atomic E-state index is 12.3. The molecule has 0 bridgehead atoms. The van der Waals surface area contributed by atoms with Crippen molar-refractivity contribution in [2.45, 2.75) is 6.54 Å². The number of carbonyl (C=O) groups is 1. The molecule has 2 aromatic heterocycles. The van der Waals surface area contributed by atoms with Gasteiger partial charge in [0.25, 0.3) is 11.2 Å². The molecule has 28 heavy (non-hydrogen) atoms. The van der Waals surface area contributed by atoms with Crippen LogP contribution >= 0.6 is 11.5 Å². The average molecular weight is 396 g/mol. The summed E-state index contributed by atoms with van der Waals surface area (Å²) in [5, 5.41) is 21.7. The van der Waals surface area contributed by atoms with Crippen LogP contribution < -0.4 is 10.9 Å². The summed E-state index contributed by atoms with van der Waals surface area (Å²) in [6.45, 7) is 0.0759. The van der Waals surface area contributed by atoms with E-state index >= 15 is 0 Å². The lowest BCUT2D eigenvalue weighted by Gasteiger charge is -2.01. The highest BCUT2D eigenvalue weighted by Gasteiger charge is 2.14. The van der Waals surface area contributed by atoms with Crippen LogP contribution in [0.15, 0.2) is 59.5 Å². The number of benzene rings is 2. The van der Waals surface area contributed by atoms with Crippen LogP contribution in [-0.4, -0.2) is 29.9 Å². The molecule has 11 heteroatoms. The molecule has 140 valence electrons. The Morgan fingerprint density at radius 1 is 1.18 bits per heavy atom. The standard InChI is InChI=1S/C17H12N6O4S/c24-16-14-3-1-2-4-15(14)28-22(16)17(25)18-9-11-10-21(20-19-11)12-5-7-13(8-6-12)23(26)27/h1-8,10H,9H2,(H,18,25). The van der Waals surface area contributed by atoms with E-state index in [1.807, 2.05) is 0 Å². The third kappa shape index (κ3) is 3.25. The number of nitrogens with one attached hydrogen (secondary N) is 1. The topological polar surface area (TPSA) is 125 Å². The van der Waals surface area contributed by atoms with Gasteiger partial charge in [-0.2, -0.15) is 3.96 Å². The third-order valence-corrected chi connectivity index (χ3v) is 5.03. The zero-order valence-corrected chi connectivity index (χ0v) is 15.0. The first kappa shape index (κ1) is 17.5. The van der Waals surface area contributed by atoms with Crippen molar-refractivity contribution in [2.75, 3.05) is 0 Å². The fourth-order valence-corrected chi connectivity index (χ4v) is 3.50. The smallest absolute Gasteiger partial charge is 0.331 e. The molecule has 0 aliphatic rings. The van der Waals surface area contributed by atoms with E-state index in [4.69, 9.17) is 0 Å².